The molecular formula is C40H79N3O4S2. The van der Waals surface area contributed by atoms with Gasteiger partial charge in [-0.1, -0.05) is 202 Å². The van der Waals surface area contributed by atoms with Gasteiger partial charge < -0.3 is 21.5 Å². The molecule has 0 aromatic rings. The second-order valence-corrected chi connectivity index (χ2v) is 16.8. The van der Waals surface area contributed by atoms with Gasteiger partial charge in [0.25, 0.3) is 0 Å². The molecule has 0 aliphatic heterocycles. The third kappa shape index (κ3) is 35.3. The molecular weight excluding hydrogens is 651 g/mol. The van der Waals surface area contributed by atoms with Crippen LogP contribution in [0.5, 0.6) is 0 Å². The molecule has 0 spiro atoms. The van der Waals surface area contributed by atoms with Gasteiger partial charge in [-0.15, -0.1) is 0 Å². The quantitative estimate of drug-likeness (QED) is 0.0367. The monoisotopic (exact) mass is 730 g/mol. The molecule has 0 bridgehead atoms. The first-order valence-electron chi connectivity index (χ1n) is 20.7. The van der Waals surface area contributed by atoms with Gasteiger partial charge in [-0.2, -0.15) is 0 Å². The van der Waals surface area contributed by atoms with Crippen LogP contribution in [0.2, 0.25) is 0 Å². The van der Waals surface area contributed by atoms with E-state index in [0.717, 1.165) is 25.0 Å². The lowest BCUT2D eigenvalue weighted by atomic mass is 10.0. The lowest BCUT2D eigenvalue weighted by Gasteiger charge is -2.20. The van der Waals surface area contributed by atoms with E-state index in [1.165, 1.54) is 161 Å². The number of aliphatic carboxylic acids is 1. The molecule has 2 atom stereocenters. The minimum atomic E-state index is -0.985. The van der Waals surface area contributed by atoms with Crippen LogP contribution in [-0.4, -0.2) is 53.0 Å². The zero-order chi connectivity index (χ0) is 36.0. The number of carbonyl (C=O) groups is 3. The Labute approximate surface area is 310 Å². The lowest BCUT2D eigenvalue weighted by molar-refractivity contribution is -0.137. The van der Waals surface area contributed by atoms with E-state index in [2.05, 4.69) is 24.5 Å². The second kappa shape index (κ2) is 38.3. The van der Waals surface area contributed by atoms with Crippen LogP contribution in [0.15, 0.2) is 0 Å². The van der Waals surface area contributed by atoms with E-state index >= 15 is 0 Å². The zero-order valence-corrected chi connectivity index (χ0v) is 33.7. The third-order valence-electron chi connectivity index (χ3n) is 9.37. The first kappa shape index (κ1) is 48.1. The first-order chi connectivity index (χ1) is 23.9. The number of carbonyl (C=O) groups excluding carboxylic acids is 2. The van der Waals surface area contributed by atoms with Crippen molar-refractivity contribution in [3.05, 3.63) is 0 Å². The second-order valence-electron chi connectivity index (χ2n) is 14.2. The molecule has 5 N–H and O–H groups in total. The lowest BCUT2D eigenvalue weighted by Crippen LogP contribution is -2.52. The molecule has 0 heterocycles. The van der Waals surface area contributed by atoms with E-state index in [0.29, 0.717) is 12.3 Å². The molecule has 0 radical (unpaired) electrons. The molecule has 2 amide bonds. The van der Waals surface area contributed by atoms with Crippen molar-refractivity contribution in [3.8, 4) is 0 Å². The number of hydrogen-bond donors (Lipinski definition) is 4. The van der Waals surface area contributed by atoms with Crippen LogP contribution in [0, 0.1) is 0 Å². The van der Waals surface area contributed by atoms with Crippen LogP contribution in [0.3, 0.4) is 0 Å². The normalized spacial score (nSPS) is 12.6. The molecule has 0 aromatic carbocycles. The van der Waals surface area contributed by atoms with E-state index in [1.54, 1.807) is 21.6 Å². The molecule has 0 aliphatic carbocycles. The summed E-state index contributed by atoms with van der Waals surface area (Å²) in [5.41, 5.74) is 5.93. The average Bonchev–Trinajstić information content (AvgIpc) is 3.09. The van der Waals surface area contributed by atoms with Gasteiger partial charge in [0, 0.05) is 24.5 Å². The fraction of sp³-hybridized carbons (Fsp3) is 0.925. The predicted molar refractivity (Wildman–Crippen MR) is 215 cm³/mol. The molecule has 0 fully saturated rings. The Morgan fingerprint density at radius 2 is 0.939 bits per heavy atom. The maximum Gasteiger partial charge on any atom is 0.303 e. The molecule has 9 heteroatoms. The smallest absolute Gasteiger partial charge is 0.303 e. The van der Waals surface area contributed by atoms with E-state index in [-0.39, 0.29) is 18.7 Å². The van der Waals surface area contributed by atoms with Gasteiger partial charge in [-0.25, -0.2) is 0 Å². The van der Waals surface area contributed by atoms with Crippen LogP contribution in [0.4, 0.5) is 0 Å². The predicted octanol–water partition coefficient (Wildman–Crippen LogP) is 11.1. The summed E-state index contributed by atoms with van der Waals surface area (Å²) in [5, 5.41) is 14.7. The van der Waals surface area contributed by atoms with Gasteiger partial charge in [0.2, 0.25) is 11.8 Å². The highest BCUT2D eigenvalue weighted by atomic mass is 33.1. The van der Waals surface area contributed by atoms with Crippen LogP contribution >= 0.6 is 21.6 Å². The highest BCUT2D eigenvalue weighted by molar-refractivity contribution is 8.76. The number of nitrogens with one attached hydrogen (secondary N) is 2. The van der Waals surface area contributed by atoms with Crippen molar-refractivity contribution >= 4 is 39.4 Å². The Balaban J connectivity index is 4.10. The Hall–Kier alpha value is -0.930. The zero-order valence-electron chi connectivity index (χ0n) is 32.1. The highest BCUT2D eigenvalue weighted by Crippen LogP contribution is 2.24. The number of unbranched alkanes of at least 4 members (excludes halogenated alkanes) is 26. The summed E-state index contributed by atoms with van der Waals surface area (Å²) >= 11 is 0. The van der Waals surface area contributed by atoms with Crippen LogP contribution in [0.1, 0.15) is 206 Å². The van der Waals surface area contributed by atoms with Gasteiger partial charge >= 0.3 is 5.97 Å². The van der Waals surface area contributed by atoms with Crippen molar-refractivity contribution in [3.63, 3.8) is 0 Å². The average molecular weight is 730 g/mol. The van der Waals surface area contributed by atoms with Gasteiger partial charge in [-0.05, 0) is 19.3 Å². The summed E-state index contributed by atoms with van der Waals surface area (Å²) in [6.07, 6.45) is 36.8. The van der Waals surface area contributed by atoms with Gasteiger partial charge in [0.05, 0.1) is 6.04 Å². The maximum absolute atomic E-state index is 13.0. The Morgan fingerprint density at radius 1 is 0.551 bits per heavy atom. The largest absolute Gasteiger partial charge is 0.481 e. The number of rotatable bonds is 39. The molecule has 49 heavy (non-hydrogen) atoms. The number of nitrogens with two attached hydrogens (primary N) is 1. The topological polar surface area (TPSA) is 122 Å². The summed E-state index contributed by atoms with van der Waals surface area (Å²) in [7, 11) is 3.38. The summed E-state index contributed by atoms with van der Waals surface area (Å²) in [6.45, 7) is 5.14. The van der Waals surface area contributed by atoms with Crippen molar-refractivity contribution in [2.24, 2.45) is 5.73 Å². The van der Waals surface area contributed by atoms with Crippen molar-refractivity contribution < 1.29 is 19.5 Å². The van der Waals surface area contributed by atoms with Crippen molar-refractivity contribution in [1.82, 2.24) is 10.6 Å². The molecule has 0 saturated carbocycles. The molecule has 0 rings (SSSR count). The van der Waals surface area contributed by atoms with Gasteiger partial charge in [-0.3, -0.25) is 14.4 Å². The van der Waals surface area contributed by atoms with Gasteiger partial charge in [0.15, 0.2) is 0 Å². The standard InChI is InChI=1S/C40H79N3O4S2/c1-3-5-7-9-11-13-15-17-19-21-23-25-27-29-33-42-40(47)37(43-39(46)36(41)31-32-38(44)45)35-49-48-34-30-28-26-24-22-20-18-16-14-12-10-8-6-4-2/h36-37H,3-35,41H2,1-2H3,(H,42,47)(H,43,46)(H,44,45). The summed E-state index contributed by atoms with van der Waals surface area (Å²) in [5.74, 6) is -0.136. The molecule has 0 aliphatic rings. The minimum absolute atomic E-state index is 0.0512. The van der Waals surface area contributed by atoms with Gasteiger partial charge in [0.1, 0.15) is 6.04 Å². The van der Waals surface area contributed by atoms with Crippen LogP contribution in [-0.2, 0) is 14.4 Å². The molecule has 0 aromatic heterocycles. The maximum atomic E-state index is 13.0. The number of carboxylic acid groups (broad SMARTS) is 1. The van der Waals surface area contributed by atoms with E-state index in [9.17, 15) is 14.4 Å². The summed E-state index contributed by atoms with van der Waals surface area (Å²) < 4.78 is 0. The van der Waals surface area contributed by atoms with Crippen LogP contribution in [0.25, 0.3) is 0 Å². The Bertz CT molecular complexity index is 759. The fourth-order valence-electron chi connectivity index (χ4n) is 6.06. The third-order valence-corrected chi connectivity index (χ3v) is 11.9. The minimum Gasteiger partial charge on any atom is -0.481 e. The molecule has 0 saturated heterocycles. The molecule has 2 unspecified atom stereocenters. The molecule has 290 valence electrons. The number of carboxylic acids is 1. The van der Waals surface area contributed by atoms with Crippen LogP contribution < -0.4 is 16.4 Å². The van der Waals surface area contributed by atoms with Crippen molar-refractivity contribution in [2.75, 3.05) is 18.1 Å². The van der Waals surface area contributed by atoms with Crippen molar-refractivity contribution in [1.29, 1.82) is 0 Å². The van der Waals surface area contributed by atoms with Crippen molar-refractivity contribution in [2.45, 2.75) is 219 Å². The van der Waals surface area contributed by atoms with E-state index < -0.39 is 24.0 Å². The SMILES string of the molecule is CCCCCCCCCCCCCCCCNC(=O)C(CSSCCCCCCCCCCCCCCCC)NC(=O)C(N)CCC(=O)O. The first-order valence-corrected chi connectivity index (χ1v) is 23.2. The van der Waals surface area contributed by atoms with E-state index in [1.807, 2.05) is 0 Å². The summed E-state index contributed by atoms with van der Waals surface area (Å²) in [6, 6.07) is -1.62. The fourth-order valence-corrected chi connectivity index (χ4v) is 8.37. The number of amides is 2. The number of hydrogen-bond acceptors (Lipinski definition) is 6. The molecule has 7 nitrogen and oxygen atoms in total. The highest BCUT2D eigenvalue weighted by Gasteiger charge is 2.24. The Kier molecular flexibility index (Phi) is 37.6. The summed E-state index contributed by atoms with van der Waals surface area (Å²) in [4.78, 5) is 36.6. The van der Waals surface area contributed by atoms with E-state index in [4.69, 9.17) is 10.8 Å². The Morgan fingerprint density at radius 3 is 1.35 bits per heavy atom.